The number of hydrogen-bond donors (Lipinski definition) is 0. The number of aryl methyl sites for hydroxylation is 1. The van der Waals surface area contributed by atoms with Crippen molar-refractivity contribution < 1.29 is 4.74 Å². The summed E-state index contributed by atoms with van der Waals surface area (Å²) in [7, 11) is 0. The largest absolute Gasteiger partial charge is 0.369 e. The molecule has 1 aromatic rings. The number of hydrogen-bond acceptors (Lipinski definition) is 5. The van der Waals surface area contributed by atoms with E-state index in [-0.39, 0.29) is 5.60 Å². The second-order valence-corrected chi connectivity index (χ2v) is 8.58. The third kappa shape index (κ3) is 3.63. The van der Waals surface area contributed by atoms with Crippen LogP contribution in [0.4, 0.5) is 0 Å². The van der Waals surface area contributed by atoms with Gasteiger partial charge < -0.3 is 9.64 Å². The van der Waals surface area contributed by atoms with Crippen molar-refractivity contribution >= 4 is 11.3 Å². The Bertz CT molecular complexity index is 528. The lowest BCUT2D eigenvalue weighted by atomic mass is 9.90. The average molecular weight is 336 g/mol. The van der Waals surface area contributed by atoms with E-state index in [1.54, 1.807) is 11.3 Å². The summed E-state index contributed by atoms with van der Waals surface area (Å²) >= 11 is 1.79. The maximum atomic E-state index is 6.68. The second kappa shape index (κ2) is 6.79. The lowest BCUT2D eigenvalue weighted by molar-refractivity contribution is -0.127. The van der Waals surface area contributed by atoms with Crippen LogP contribution in [-0.2, 0) is 11.3 Å². The van der Waals surface area contributed by atoms with Gasteiger partial charge in [0.2, 0.25) is 0 Å². The number of ether oxygens (including phenoxy) is 1. The standard InChI is InChI=1S/C18H29N3OS/c1-15-17(23-14-19-15)12-21-10-7-18(13-21)6-4-5-16(22-18)11-20-8-2-3-9-20/h14,16H,2-13H2,1H3/t16-,18+/m0/s1. The molecule has 128 valence electrons. The Morgan fingerprint density at radius 2 is 2.09 bits per heavy atom. The highest BCUT2D eigenvalue weighted by molar-refractivity contribution is 7.09. The lowest BCUT2D eigenvalue weighted by Gasteiger charge is -2.40. The SMILES string of the molecule is Cc1ncsc1CN1CC[C@]2(CCC[C@@H](CN3CCCC3)O2)C1. The molecule has 0 saturated carbocycles. The first kappa shape index (κ1) is 16.0. The van der Waals surface area contributed by atoms with E-state index < -0.39 is 0 Å². The lowest BCUT2D eigenvalue weighted by Crippen LogP contribution is -2.46. The molecule has 3 aliphatic rings. The molecule has 0 N–H and O–H groups in total. The van der Waals surface area contributed by atoms with Gasteiger partial charge in [-0.3, -0.25) is 4.90 Å². The summed E-state index contributed by atoms with van der Waals surface area (Å²) < 4.78 is 6.68. The summed E-state index contributed by atoms with van der Waals surface area (Å²) in [4.78, 5) is 11.0. The topological polar surface area (TPSA) is 28.6 Å². The van der Waals surface area contributed by atoms with Crippen molar-refractivity contribution in [2.24, 2.45) is 0 Å². The van der Waals surface area contributed by atoms with Crippen LogP contribution in [0.3, 0.4) is 0 Å². The molecule has 3 aliphatic heterocycles. The summed E-state index contributed by atoms with van der Waals surface area (Å²) in [6, 6.07) is 0. The Morgan fingerprint density at radius 1 is 1.22 bits per heavy atom. The first-order valence-electron chi connectivity index (χ1n) is 9.24. The van der Waals surface area contributed by atoms with Crippen LogP contribution in [0.15, 0.2) is 5.51 Å². The molecular formula is C18H29N3OS. The summed E-state index contributed by atoms with van der Waals surface area (Å²) in [5.74, 6) is 0. The smallest absolute Gasteiger partial charge is 0.0825 e. The van der Waals surface area contributed by atoms with Crippen molar-refractivity contribution in [3.63, 3.8) is 0 Å². The number of aromatic nitrogens is 1. The fraction of sp³-hybridized carbons (Fsp3) is 0.833. The zero-order chi connectivity index (χ0) is 15.7. The number of rotatable bonds is 4. The Morgan fingerprint density at radius 3 is 2.87 bits per heavy atom. The van der Waals surface area contributed by atoms with Crippen LogP contribution in [0.2, 0.25) is 0 Å². The summed E-state index contributed by atoms with van der Waals surface area (Å²) in [5.41, 5.74) is 3.31. The third-order valence-electron chi connectivity index (χ3n) is 5.84. The highest BCUT2D eigenvalue weighted by Gasteiger charge is 2.43. The van der Waals surface area contributed by atoms with Gasteiger partial charge in [-0.25, -0.2) is 4.98 Å². The van der Waals surface area contributed by atoms with Gasteiger partial charge in [-0.05, 0) is 58.5 Å². The maximum Gasteiger partial charge on any atom is 0.0825 e. The van der Waals surface area contributed by atoms with Crippen LogP contribution in [-0.4, -0.2) is 59.2 Å². The van der Waals surface area contributed by atoms with Crippen LogP contribution in [0.25, 0.3) is 0 Å². The molecule has 0 bridgehead atoms. The molecule has 0 aliphatic carbocycles. The molecule has 2 atom stereocenters. The van der Waals surface area contributed by atoms with Gasteiger partial charge in [0.05, 0.1) is 22.9 Å². The molecule has 3 saturated heterocycles. The molecule has 0 amide bonds. The Hall–Kier alpha value is -0.490. The molecule has 0 radical (unpaired) electrons. The molecule has 1 spiro atoms. The zero-order valence-corrected chi connectivity index (χ0v) is 15.1. The van der Waals surface area contributed by atoms with Gasteiger partial charge in [0.1, 0.15) is 0 Å². The molecule has 4 nitrogen and oxygen atoms in total. The van der Waals surface area contributed by atoms with Gasteiger partial charge in [-0.1, -0.05) is 0 Å². The Kier molecular flexibility index (Phi) is 4.72. The average Bonchev–Trinajstić information content (AvgIpc) is 3.25. The van der Waals surface area contributed by atoms with E-state index >= 15 is 0 Å². The van der Waals surface area contributed by atoms with Crippen molar-refractivity contribution in [1.82, 2.24) is 14.8 Å². The van der Waals surface area contributed by atoms with Gasteiger partial charge in [0.25, 0.3) is 0 Å². The van der Waals surface area contributed by atoms with Gasteiger partial charge in [0, 0.05) is 31.1 Å². The van der Waals surface area contributed by atoms with E-state index in [2.05, 4.69) is 21.7 Å². The van der Waals surface area contributed by atoms with E-state index in [1.807, 2.05) is 5.51 Å². The van der Waals surface area contributed by atoms with Crippen molar-refractivity contribution in [3.05, 3.63) is 16.1 Å². The van der Waals surface area contributed by atoms with Crippen molar-refractivity contribution in [2.75, 3.05) is 32.7 Å². The Labute approximate surface area is 143 Å². The van der Waals surface area contributed by atoms with Crippen LogP contribution in [0.5, 0.6) is 0 Å². The first-order chi connectivity index (χ1) is 11.2. The highest BCUT2D eigenvalue weighted by Crippen LogP contribution is 2.37. The minimum absolute atomic E-state index is 0.140. The number of thiazole rings is 1. The fourth-order valence-electron chi connectivity index (χ4n) is 4.55. The molecule has 23 heavy (non-hydrogen) atoms. The zero-order valence-electron chi connectivity index (χ0n) is 14.3. The monoisotopic (exact) mass is 335 g/mol. The van der Waals surface area contributed by atoms with Gasteiger partial charge in [0.15, 0.2) is 0 Å². The fourth-order valence-corrected chi connectivity index (χ4v) is 5.37. The van der Waals surface area contributed by atoms with E-state index in [1.165, 1.54) is 68.7 Å². The number of nitrogens with zero attached hydrogens (tertiary/aromatic N) is 3. The van der Waals surface area contributed by atoms with Crippen LogP contribution < -0.4 is 0 Å². The van der Waals surface area contributed by atoms with Crippen LogP contribution in [0, 0.1) is 6.92 Å². The number of likely N-dealkylation sites (tertiary alicyclic amines) is 2. The Balaban J connectivity index is 1.34. The summed E-state index contributed by atoms with van der Waals surface area (Å²) in [5, 5.41) is 0. The van der Waals surface area contributed by atoms with E-state index in [4.69, 9.17) is 4.74 Å². The van der Waals surface area contributed by atoms with Crippen molar-refractivity contribution in [2.45, 2.75) is 63.7 Å². The maximum absolute atomic E-state index is 6.68. The minimum Gasteiger partial charge on any atom is -0.369 e. The molecule has 3 fully saturated rings. The summed E-state index contributed by atoms with van der Waals surface area (Å²) in [6.07, 6.45) is 8.27. The van der Waals surface area contributed by atoms with Crippen molar-refractivity contribution in [3.8, 4) is 0 Å². The quantitative estimate of drug-likeness (QED) is 0.845. The van der Waals surface area contributed by atoms with E-state index in [9.17, 15) is 0 Å². The molecule has 4 rings (SSSR count). The van der Waals surface area contributed by atoms with Gasteiger partial charge in [-0.2, -0.15) is 0 Å². The van der Waals surface area contributed by atoms with Gasteiger partial charge >= 0.3 is 0 Å². The molecule has 5 heteroatoms. The molecular weight excluding hydrogens is 306 g/mol. The second-order valence-electron chi connectivity index (χ2n) is 7.64. The molecule has 0 unspecified atom stereocenters. The van der Waals surface area contributed by atoms with Crippen LogP contribution >= 0.6 is 11.3 Å². The predicted octanol–water partition coefficient (Wildman–Crippen LogP) is 3.06. The van der Waals surface area contributed by atoms with Crippen molar-refractivity contribution in [1.29, 1.82) is 0 Å². The molecule has 0 aromatic carbocycles. The van der Waals surface area contributed by atoms with Gasteiger partial charge in [-0.15, -0.1) is 11.3 Å². The predicted molar refractivity (Wildman–Crippen MR) is 93.9 cm³/mol. The third-order valence-corrected chi connectivity index (χ3v) is 6.76. The van der Waals surface area contributed by atoms with E-state index in [0.717, 1.165) is 19.6 Å². The normalized spacial score (nSPS) is 33.0. The first-order valence-corrected chi connectivity index (χ1v) is 10.1. The highest BCUT2D eigenvalue weighted by atomic mass is 32.1. The minimum atomic E-state index is 0.140. The summed E-state index contributed by atoms with van der Waals surface area (Å²) in [6.45, 7) is 9.19. The van der Waals surface area contributed by atoms with E-state index in [0.29, 0.717) is 6.10 Å². The molecule has 1 aromatic heterocycles. The van der Waals surface area contributed by atoms with Crippen LogP contribution in [0.1, 0.15) is 49.1 Å². The molecule has 4 heterocycles.